The van der Waals surface area contributed by atoms with Crippen molar-refractivity contribution in [1.29, 1.82) is 0 Å². The maximum absolute atomic E-state index is 11.1. The van der Waals surface area contributed by atoms with Crippen molar-refractivity contribution in [2.24, 2.45) is 5.92 Å². The SMILES string of the molecule is Cc1cc(NC(CCO)C(C)C)cc(C(=O)O)c1N. The quantitative estimate of drug-likeness (QED) is 0.591. The highest BCUT2D eigenvalue weighted by Crippen LogP contribution is 2.24. The fourth-order valence-corrected chi connectivity index (χ4v) is 1.98. The zero-order valence-corrected chi connectivity index (χ0v) is 11.6. The molecule has 0 saturated carbocycles. The van der Waals surface area contributed by atoms with Gasteiger partial charge < -0.3 is 21.3 Å². The second-order valence-corrected chi connectivity index (χ2v) is 5.07. The number of carbonyl (C=O) groups is 1. The van der Waals surface area contributed by atoms with Crippen molar-refractivity contribution in [1.82, 2.24) is 0 Å². The predicted octanol–water partition coefficient (Wildman–Crippen LogP) is 2.09. The van der Waals surface area contributed by atoms with Crippen LogP contribution in [-0.2, 0) is 0 Å². The van der Waals surface area contributed by atoms with E-state index < -0.39 is 5.97 Å². The minimum absolute atomic E-state index is 0.0923. The molecule has 1 rings (SSSR count). The smallest absolute Gasteiger partial charge is 0.337 e. The van der Waals surface area contributed by atoms with Crippen LogP contribution < -0.4 is 11.1 Å². The summed E-state index contributed by atoms with van der Waals surface area (Å²) in [5, 5.41) is 21.4. The first-order chi connectivity index (χ1) is 8.86. The van der Waals surface area contributed by atoms with Crippen molar-refractivity contribution in [2.75, 3.05) is 17.7 Å². The zero-order chi connectivity index (χ0) is 14.6. The van der Waals surface area contributed by atoms with Gasteiger partial charge in [-0.25, -0.2) is 4.79 Å². The van der Waals surface area contributed by atoms with Crippen LogP contribution in [0.4, 0.5) is 11.4 Å². The summed E-state index contributed by atoms with van der Waals surface area (Å²) in [7, 11) is 0. The van der Waals surface area contributed by atoms with Crippen molar-refractivity contribution < 1.29 is 15.0 Å². The van der Waals surface area contributed by atoms with Crippen molar-refractivity contribution in [3.8, 4) is 0 Å². The third-order valence-corrected chi connectivity index (χ3v) is 3.21. The van der Waals surface area contributed by atoms with Gasteiger partial charge in [0, 0.05) is 24.0 Å². The summed E-state index contributed by atoms with van der Waals surface area (Å²) in [6, 6.07) is 3.46. The number of nitrogens with two attached hydrogens (primary N) is 1. The van der Waals surface area contributed by atoms with E-state index in [0.717, 1.165) is 11.3 Å². The van der Waals surface area contributed by atoms with Crippen LogP contribution in [-0.4, -0.2) is 28.8 Å². The van der Waals surface area contributed by atoms with E-state index >= 15 is 0 Å². The normalized spacial score (nSPS) is 12.5. The van der Waals surface area contributed by atoms with Gasteiger partial charge in [-0.15, -0.1) is 0 Å². The molecule has 0 bridgehead atoms. The van der Waals surface area contributed by atoms with E-state index in [1.54, 1.807) is 6.92 Å². The lowest BCUT2D eigenvalue weighted by molar-refractivity contribution is 0.0698. The van der Waals surface area contributed by atoms with Crippen LogP contribution in [0, 0.1) is 12.8 Å². The van der Waals surface area contributed by atoms with Gasteiger partial charge in [0.05, 0.1) is 5.56 Å². The topological polar surface area (TPSA) is 95.6 Å². The lowest BCUT2D eigenvalue weighted by atomic mass is 10.00. The van der Waals surface area contributed by atoms with E-state index in [2.05, 4.69) is 19.2 Å². The van der Waals surface area contributed by atoms with Crippen LogP contribution in [0.1, 0.15) is 36.2 Å². The number of hydrogen-bond acceptors (Lipinski definition) is 4. The molecule has 1 aromatic carbocycles. The van der Waals surface area contributed by atoms with Gasteiger partial charge in [-0.1, -0.05) is 13.8 Å². The molecule has 0 aliphatic rings. The van der Waals surface area contributed by atoms with Gasteiger partial charge >= 0.3 is 5.97 Å². The number of rotatable bonds is 6. The van der Waals surface area contributed by atoms with Crippen molar-refractivity contribution in [2.45, 2.75) is 33.2 Å². The summed E-state index contributed by atoms with van der Waals surface area (Å²) in [5.74, 6) is -0.703. The molecule has 0 aromatic heterocycles. The molecule has 0 aliphatic heterocycles. The zero-order valence-electron chi connectivity index (χ0n) is 11.6. The standard InChI is InChI=1S/C14H22N2O3/c1-8(2)12(4-5-17)16-10-6-9(3)13(15)11(7-10)14(18)19/h6-8,12,16-17H,4-5,15H2,1-3H3,(H,18,19). The number of hydrogen-bond donors (Lipinski definition) is 4. The van der Waals surface area contributed by atoms with E-state index in [-0.39, 0.29) is 18.2 Å². The summed E-state index contributed by atoms with van der Waals surface area (Å²) >= 11 is 0. The third-order valence-electron chi connectivity index (χ3n) is 3.21. The molecule has 19 heavy (non-hydrogen) atoms. The molecule has 5 N–H and O–H groups in total. The molecule has 5 nitrogen and oxygen atoms in total. The molecule has 1 atom stereocenters. The lowest BCUT2D eigenvalue weighted by Crippen LogP contribution is -2.27. The molecular formula is C14H22N2O3. The van der Waals surface area contributed by atoms with Gasteiger partial charge in [-0.3, -0.25) is 0 Å². The number of aliphatic hydroxyl groups is 1. The molecule has 0 heterocycles. The van der Waals surface area contributed by atoms with Crippen molar-refractivity contribution in [3.05, 3.63) is 23.3 Å². The summed E-state index contributed by atoms with van der Waals surface area (Å²) in [5.41, 5.74) is 7.60. The molecule has 5 heteroatoms. The molecule has 0 saturated heterocycles. The summed E-state index contributed by atoms with van der Waals surface area (Å²) in [6.07, 6.45) is 0.615. The second-order valence-electron chi connectivity index (χ2n) is 5.07. The van der Waals surface area contributed by atoms with Crippen LogP contribution in [0.15, 0.2) is 12.1 Å². The third kappa shape index (κ3) is 3.86. The van der Waals surface area contributed by atoms with Crippen LogP contribution in [0.3, 0.4) is 0 Å². The van der Waals surface area contributed by atoms with Crippen molar-refractivity contribution >= 4 is 17.3 Å². The Bertz CT molecular complexity index is 458. The fourth-order valence-electron chi connectivity index (χ4n) is 1.98. The lowest BCUT2D eigenvalue weighted by Gasteiger charge is -2.23. The van der Waals surface area contributed by atoms with Gasteiger partial charge in [0.1, 0.15) is 0 Å². The van der Waals surface area contributed by atoms with E-state index in [9.17, 15) is 4.79 Å². The van der Waals surface area contributed by atoms with Gasteiger partial charge in [0.2, 0.25) is 0 Å². The highest BCUT2D eigenvalue weighted by molar-refractivity contribution is 5.95. The Kier molecular flexibility index (Phi) is 5.18. The molecule has 1 unspecified atom stereocenters. The number of aliphatic hydroxyl groups excluding tert-OH is 1. The molecule has 106 valence electrons. The van der Waals surface area contributed by atoms with Gasteiger partial charge in [-0.05, 0) is 37.0 Å². The average Bonchev–Trinajstić information content (AvgIpc) is 2.32. The van der Waals surface area contributed by atoms with E-state index in [1.165, 1.54) is 6.07 Å². The number of aromatic carboxylic acids is 1. The Morgan fingerprint density at radius 2 is 2.05 bits per heavy atom. The molecular weight excluding hydrogens is 244 g/mol. The van der Waals surface area contributed by atoms with E-state index in [4.69, 9.17) is 15.9 Å². The largest absolute Gasteiger partial charge is 0.478 e. The first-order valence-corrected chi connectivity index (χ1v) is 6.37. The summed E-state index contributed by atoms with van der Waals surface area (Å²) in [4.78, 5) is 11.1. The van der Waals surface area contributed by atoms with Crippen molar-refractivity contribution in [3.63, 3.8) is 0 Å². The Hall–Kier alpha value is -1.75. The maximum atomic E-state index is 11.1. The molecule has 0 aliphatic carbocycles. The average molecular weight is 266 g/mol. The minimum Gasteiger partial charge on any atom is -0.478 e. The highest BCUT2D eigenvalue weighted by Gasteiger charge is 2.16. The predicted molar refractivity (Wildman–Crippen MR) is 76.5 cm³/mol. The number of carboxylic acid groups (broad SMARTS) is 1. The Morgan fingerprint density at radius 3 is 2.53 bits per heavy atom. The van der Waals surface area contributed by atoms with Crippen LogP contribution in [0.5, 0.6) is 0 Å². The number of nitrogens with one attached hydrogen (secondary N) is 1. The summed E-state index contributed by atoms with van der Waals surface area (Å²) in [6.45, 7) is 5.98. The Morgan fingerprint density at radius 1 is 1.42 bits per heavy atom. The number of benzene rings is 1. The Labute approximate surface area is 113 Å². The first-order valence-electron chi connectivity index (χ1n) is 6.37. The molecule has 0 amide bonds. The monoisotopic (exact) mass is 266 g/mol. The van der Waals surface area contributed by atoms with Crippen LogP contribution in [0.2, 0.25) is 0 Å². The molecule has 0 spiro atoms. The van der Waals surface area contributed by atoms with Gasteiger partial charge in [-0.2, -0.15) is 0 Å². The highest BCUT2D eigenvalue weighted by atomic mass is 16.4. The number of anilines is 2. The number of nitrogen functional groups attached to an aromatic ring is 1. The first kappa shape index (κ1) is 15.3. The van der Waals surface area contributed by atoms with Crippen LogP contribution in [0.25, 0.3) is 0 Å². The Balaban J connectivity index is 3.04. The molecule has 0 fully saturated rings. The number of aryl methyl sites for hydroxylation is 1. The van der Waals surface area contributed by atoms with E-state index in [0.29, 0.717) is 18.0 Å². The summed E-state index contributed by atoms with van der Waals surface area (Å²) < 4.78 is 0. The van der Waals surface area contributed by atoms with Gasteiger partial charge in [0.25, 0.3) is 0 Å². The van der Waals surface area contributed by atoms with E-state index in [1.807, 2.05) is 6.07 Å². The number of carboxylic acids is 1. The van der Waals surface area contributed by atoms with Gasteiger partial charge in [0.15, 0.2) is 0 Å². The fraction of sp³-hybridized carbons (Fsp3) is 0.500. The molecule has 1 aromatic rings. The van der Waals surface area contributed by atoms with Crippen LogP contribution >= 0.6 is 0 Å². The second kappa shape index (κ2) is 6.43. The minimum atomic E-state index is -1.03. The maximum Gasteiger partial charge on any atom is 0.337 e. The molecule has 0 radical (unpaired) electrons.